The maximum Gasteiger partial charge on any atom is 0.279 e. The van der Waals surface area contributed by atoms with Gasteiger partial charge in [-0.05, 0) is 36.7 Å². The summed E-state index contributed by atoms with van der Waals surface area (Å²) in [4.78, 5) is 20.8. The Kier molecular flexibility index (Phi) is 3.57. The number of carbonyl (C=O) groups is 1. The molecule has 0 radical (unpaired) electrons. The first-order valence-corrected chi connectivity index (χ1v) is 4.51. The van der Waals surface area contributed by atoms with E-state index in [1.165, 1.54) is 6.08 Å². The second-order valence-corrected chi connectivity index (χ2v) is 3.28. The molecule has 0 atom stereocenters. The minimum Gasteiger partial charge on any atom is -0.276 e. The standard InChI is InChI=1S/C10H8ClNO3/c1-7-3-2-4-8(5-6-9(11)13)10(7)12(14)15/h2-6H,1H3. The number of para-hydroxylation sites is 1. The molecule has 1 aromatic rings. The van der Waals surface area contributed by atoms with Gasteiger partial charge < -0.3 is 0 Å². The monoisotopic (exact) mass is 225 g/mol. The summed E-state index contributed by atoms with van der Waals surface area (Å²) in [6, 6.07) is 4.88. The Hall–Kier alpha value is -1.68. The van der Waals surface area contributed by atoms with Gasteiger partial charge in [-0.1, -0.05) is 12.1 Å². The molecule has 78 valence electrons. The lowest BCUT2D eigenvalue weighted by Gasteiger charge is -1.99. The fourth-order valence-electron chi connectivity index (χ4n) is 1.22. The second kappa shape index (κ2) is 4.70. The van der Waals surface area contributed by atoms with Gasteiger partial charge in [0.05, 0.1) is 10.5 Å². The average Bonchev–Trinajstić information content (AvgIpc) is 2.13. The van der Waals surface area contributed by atoms with Crippen LogP contribution in [0.15, 0.2) is 24.3 Å². The molecule has 0 aliphatic carbocycles. The molecule has 0 saturated carbocycles. The van der Waals surface area contributed by atoms with E-state index in [1.54, 1.807) is 25.1 Å². The van der Waals surface area contributed by atoms with Crippen molar-refractivity contribution >= 4 is 28.6 Å². The third-order valence-electron chi connectivity index (χ3n) is 1.85. The van der Waals surface area contributed by atoms with E-state index < -0.39 is 10.2 Å². The van der Waals surface area contributed by atoms with E-state index in [-0.39, 0.29) is 5.69 Å². The molecule has 0 aliphatic rings. The zero-order chi connectivity index (χ0) is 11.4. The number of hydrogen-bond acceptors (Lipinski definition) is 3. The fraction of sp³-hybridized carbons (Fsp3) is 0.100. The highest BCUT2D eigenvalue weighted by Crippen LogP contribution is 2.24. The molecule has 1 aromatic carbocycles. The van der Waals surface area contributed by atoms with Crippen LogP contribution in [0, 0.1) is 17.0 Å². The smallest absolute Gasteiger partial charge is 0.276 e. The number of nitro groups is 1. The number of carbonyl (C=O) groups excluding carboxylic acids is 1. The van der Waals surface area contributed by atoms with Crippen molar-refractivity contribution in [1.82, 2.24) is 0 Å². The van der Waals surface area contributed by atoms with Gasteiger partial charge in [-0.2, -0.15) is 0 Å². The molecule has 0 unspecified atom stereocenters. The topological polar surface area (TPSA) is 60.2 Å². The molecular formula is C10H8ClNO3. The number of nitro benzene ring substituents is 1. The first kappa shape index (κ1) is 11.4. The lowest BCUT2D eigenvalue weighted by atomic mass is 10.1. The lowest BCUT2D eigenvalue weighted by molar-refractivity contribution is -0.385. The number of allylic oxidation sites excluding steroid dienone is 1. The molecule has 0 saturated heterocycles. The summed E-state index contributed by atoms with van der Waals surface area (Å²) in [5, 5.41) is 10.1. The van der Waals surface area contributed by atoms with E-state index in [9.17, 15) is 14.9 Å². The van der Waals surface area contributed by atoms with Crippen molar-refractivity contribution in [3.63, 3.8) is 0 Å². The van der Waals surface area contributed by atoms with Crippen LogP contribution < -0.4 is 0 Å². The van der Waals surface area contributed by atoms with Crippen molar-refractivity contribution in [2.75, 3.05) is 0 Å². The van der Waals surface area contributed by atoms with E-state index in [0.717, 1.165) is 6.08 Å². The molecule has 0 N–H and O–H groups in total. The van der Waals surface area contributed by atoms with E-state index in [4.69, 9.17) is 11.6 Å². The third kappa shape index (κ3) is 2.89. The molecule has 0 aromatic heterocycles. The number of hydrogen-bond donors (Lipinski definition) is 0. The van der Waals surface area contributed by atoms with Crippen LogP contribution in [0.25, 0.3) is 6.08 Å². The van der Waals surface area contributed by atoms with Crippen LogP contribution in [-0.2, 0) is 4.79 Å². The molecular weight excluding hydrogens is 218 g/mol. The molecule has 1 rings (SSSR count). The van der Waals surface area contributed by atoms with Gasteiger partial charge in [0, 0.05) is 5.56 Å². The van der Waals surface area contributed by atoms with Gasteiger partial charge in [0.1, 0.15) is 0 Å². The van der Waals surface area contributed by atoms with Crippen LogP contribution in [0.3, 0.4) is 0 Å². The van der Waals surface area contributed by atoms with Crippen LogP contribution >= 0.6 is 11.6 Å². The van der Waals surface area contributed by atoms with Crippen molar-refractivity contribution in [2.24, 2.45) is 0 Å². The van der Waals surface area contributed by atoms with Crippen LogP contribution in [0.5, 0.6) is 0 Å². The Balaban J connectivity index is 3.23. The van der Waals surface area contributed by atoms with Crippen LogP contribution in [0.2, 0.25) is 0 Å². The number of rotatable bonds is 3. The normalized spacial score (nSPS) is 10.5. The highest BCUT2D eigenvalue weighted by atomic mass is 35.5. The summed E-state index contributed by atoms with van der Waals surface area (Å²) >= 11 is 5.10. The number of halogens is 1. The summed E-state index contributed by atoms with van der Waals surface area (Å²) in [5.74, 6) is 0. The molecule has 0 amide bonds. The molecule has 0 bridgehead atoms. The van der Waals surface area contributed by atoms with Gasteiger partial charge >= 0.3 is 0 Å². The zero-order valence-corrected chi connectivity index (χ0v) is 8.69. The van der Waals surface area contributed by atoms with E-state index in [1.807, 2.05) is 0 Å². The molecule has 15 heavy (non-hydrogen) atoms. The fourth-order valence-corrected chi connectivity index (χ4v) is 1.28. The van der Waals surface area contributed by atoms with Crippen molar-refractivity contribution in [1.29, 1.82) is 0 Å². The average molecular weight is 226 g/mol. The molecule has 0 fully saturated rings. The minimum absolute atomic E-state index is 0.00772. The Bertz CT molecular complexity index is 440. The van der Waals surface area contributed by atoms with Gasteiger partial charge in [-0.3, -0.25) is 14.9 Å². The first-order valence-electron chi connectivity index (χ1n) is 4.14. The van der Waals surface area contributed by atoms with Crippen LogP contribution in [-0.4, -0.2) is 10.2 Å². The van der Waals surface area contributed by atoms with Gasteiger partial charge in [0.2, 0.25) is 5.24 Å². The highest BCUT2D eigenvalue weighted by Gasteiger charge is 2.14. The van der Waals surface area contributed by atoms with E-state index >= 15 is 0 Å². The van der Waals surface area contributed by atoms with E-state index in [0.29, 0.717) is 11.1 Å². The SMILES string of the molecule is Cc1cccc(C=CC(=O)Cl)c1[N+](=O)[O-]. The Morgan fingerprint density at radius 3 is 2.73 bits per heavy atom. The maximum absolute atomic E-state index is 10.7. The number of nitrogens with zero attached hydrogens (tertiary/aromatic N) is 1. The highest BCUT2D eigenvalue weighted by molar-refractivity contribution is 6.66. The summed E-state index contributed by atoms with van der Waals surface area (Å²) in [6.45, 7) is 1.64. The maximum atomic E-state index is 10.7. The molecule has 0 heterocycles. The lowest BCUT2D eigenvalue weighted by Crippen LogP contribution is -1.94. The van der Waals surface area contributed by atoms with Crippen molar-refractivity contribution in [3.8, 4) is 0 Å². The van der Waals surface area contributed by atoms with Gasteiger partial charge in [0.15, 0.2) is 0 Å². The van der Waals surface area contributed by atoms with Gasteiger partial charge in [-0.25, -0.2) is 0 Å². The third-order valence-corrected chi connectivity index (χ3v) is 1.97. The van der Waals surface area contributed by atoms with E-state index in [2.05, 4.69) is 0 Å². The first-order chi connectivity index (χ1) is 7.02. The van der Waals surface area contributed by atoms with Crippen LogP contribution in [0.4, 0.5) is 5.69 Å². The summed E-state index contributed by atoms with van der Waals surface area (Å²) in [6.07, 6.45) is 2.42. The minimum atomic E-state index is -0.661. The van der Waals surface area contributed by atoms with Crippen molar-refractivity contribution < 1.29 is 9.72 Å². The predicted octanol–water partition coefficient (Wildman–Crippen LogP) is 2.68. The van der Waals surface area contributed by atoms with Gasteiger partial charge in [-0.15, -0.1) is 0 Å². The Morgan fingerprint density at radius 2 is 2.20 bits per heavy atom. The van der Waals surface area contributed by atoms with Crippen LogP contribution in [0.1, 0.15) is 11.1 Å². The summed E-state index contributed by atoms with van der Waals surface area (Å²) in [5.41, 5.74) is 0.907. The van der Waals surface area contributed by atoms with Crippen molar-refractivity contribution in [3.05, 3.63) is 45.5 Å². The summed E-state index contributed by atoms with van der Waals surface area (Å²) < 4.78 is 0. The second-order valence-electron chi connectivity index (χ2n) is 2.91. The quantitative estimate of drug-likeness (QED) is 0.344. The number of benzene rings is 1. The Labute approximate surface area is 91.3 Å². The largest absolute Gasteiger partial charge is 0.279 e. The molecule has 0 spiro atoms. The van der Waals surface area contributed by atoms with Gasteiger partial charge in [0.25, 0.3) is 5.69 Å². The molecule has 5 heteroatoms. The molecule has 4 nitrogen and oxygen atoms in total. The predicted molar refractivity (Wildman–Crippen MR) is 57.7 cm³/mol. The number of aryl methyl sites for hydroxylation is 1. The zero-order valence-electron chi connectivity index (χ0n) is 7.94. The Morgan fingerprint density at radius 1 is 1.53 bits per heavy atom. The summed E-state index contributed by atoms with van der Waals surface area (Å²) in [7, 11) is 0. The molecule has 0 aliphatic heterocycles. The van der Waals surface area contributed by atoms with Crippen molar-refractivity contribution in [2.45, 2.75) is 6.92 Å².